The first-order valence-electron chi connectivity index (χ1n) is 7.82. The number of nitrogens with one attached hydrogen (secondary N) is 1. The Morgan fingerprint density at radius 2 is 1.85 bits per heavy atom. The number of carbonyl (C=O) groups excluding carboxylic acids is 2. The third-order valence-electron chi connectivity index (χ3n) is 3.51. The van der Waals surface area contributed by atoms with Crippen molar-refractivity contribution < 1.29 is 14.5 Å². The molecule has 0 aromatic heterocycles. The second-order valence-corrected chi connectivity index (χ2v) is 6.09. The van der Waals surface area contributed by atoms with Crippen molar-refractivity contribution in [3.8, 4) is 11.8 Å². The number of benzene rings is 2. The lowest BCUT2D eigenvalue weighted by atomic mass is 10.1. The molecule has 1 N–H and O–H groups in total. The van der Waals surface area contributed by atoms with Gasteiger partial charge in [0.1, 0.15) is 0 Å². The number of carbonyl (C=O) groups is 2. The molecule has 0 fully saturated rings. The maximum Gasteiger partial charge on any atom is 0.270 e. The van der Waals surface area contributed by atoms with Gasteiger partial charge in [0.25, 0.3) is 17.5 Å². The number of nitrogens with zero attached hydrogens (tertiary/aromatic N) is 2. The molecule has 2 amide bonds. The number of nitro groups is 1. The molecule has 0 aliphatic rings. The van der Waals surface area contributed by atoms with Gasteiger partial charge >= 0.3 is 0 Å². The van der Waals surface area contributed by atoms with Crippen molar-refractivity contribution in [1.29, 1.82) is 0 Å². The molecule has 0 aliphatic carbocycles. The molecule has 8 heteroatoms. The summed E-state index contributed by atoms with van der Waals surface area (Å²) >= 11 is 5.92. The molecule has 0 radical (unpaired) electrons. The van der Waals surface area contributed by atoms with Crippen LogP contribution in [-0.2, 0) is 0 Å². The van der Waals surface area contributed by atoms with Crippen molar-refractivity contribution in [3.05, 3.63) is 74.3 Å². The SMILES string of the molecule is CN(C)C(=O)c1ccc(C#CCNC(=O)c2cc([N+](=O)[O-])ccc2Cl)cc1. The Kier molecular flexibility index (Phi) is 6.52. The fraction of sp³-hybridized carbons (Fsp3) is 0.158. The van der Waals surface area contributed by atoms with Gasteiger partial charge < -0.3 is 10.2 Å². The van der Waals surface area contributed by atoms with E-state index >= 15 is 0 Å². The average molecular weight is 386 g/mol. The molecular weight excluding hydrogens is 370 g/mol. The van der Waals surface area contributed by atoms with Crippen molar-refractivity contribution in [2.75, 3.05) is 20.6 Å². The molecule has 2 rings (SSSR count). The topological polar surface area (TPSA) is 92.6 Å². The molecule has 7 nitrogen and oxygen atoms in total. The van der Waals surface area contributed by atoms with Crippen LogP contribution in [0.1, 0.15) is 26.3 Å². The first-order valence-corrected chi connectivity index (χ1v) is 8.20. The molecule has 0 bridgehead atoms. The van der Waals surface area contributed by atoms with Gasteiger partial charge in [-0.05, 0) is 30.3 Å². The minimum atomic E-state index is -0.600. The zero-order chi connectivity index (χ0) is 20.0. The Morgan fingerprint density at radius 1 is 1.19 bits per heavy atom. The monoisotopic (exact) mass is 385 g/mol. The summed E-state index contributed by atoms with van der Waals surface area (Å²) in [6, 6.07) is 10.4. The summed E-state index contributed by atoms with van der Waals surface area (Å²) in [5.41, 5.74) is 1.04. The minimum Gasteiger partial charge on any atom is -0.345 e. The molecular formula is C19H16ClN3O4. The molecule has 138 valence electrons. The summed E-state index contributed by atoms with van der Waals surface area (Å²) in [5, 5.41) is 13.5. The summed E-state index contributed by atoms with van der Waals surface area (Å²) in [4.78, 5) is 35.6. The van der Waals surface area contributed by atoms with Crippen LogP contribution in [0, 0.1) is 22.0 Å². The highest BCUT2D eigenvalue weighted by molar-refractivity contribution is 6.33. The number of nitro benzene ring substituents is 1. The van der Waals surface area contributed by atoms with Crippen LogP contribution in [-0.4, -0.2) is 42.3 Å². The van der Waals surface area contributed by atoms with Crippen molar-refractivity contribution in [1.82, 2.24) is 10.2 Å². The van der Waals surface area contributed by atoms with E-state index < -0.39 is 10.8 Å². The Morgan fingerprint density at radius 3 is 2.44 bits per heavy atom. The molecule has 0 unspecified atom stereocenters. The van der Waals surface area contributed by atoms with Gasteiger partial charge in [0.2, 0.25) is 0 Å². The molecule has 0 saturated heterocycles. The third-order valence-corrected chi connectivity index (χ3v) is 3.84. The van der Waals surface area contributed by atoms with Gasteiger partial charge in [-0.25, -0.2) is 0 Å². The minimum absolute atomic E-state index is 0.0132. The van der Waals surface area contributed by atoms with Gasteiger partial charge in [-0.3, -0.25) is 19.7 Å². The lowest BCUT2D eigenvalue weighted by Gasteiger charge is -2.09. The predicted molar refractivity (Wildman–Crippen MR) is 102 cm³/mol. The second kappa shape index (κ2) is 8.83. The van der Waals surface area contributed by atoms with Gasteiger partial charge in [-0.15, -0.1) is 0 Å². The van der Waals surface area contributed by atoms with Crippen molar-refractivity contribution in [3.63, 3.8) is 0 Å². The normalized spacial score (nSPS) is 9.74. The zero-order valence-corrected chi connectivity index (χ0v) is 15.4. The summed E-state index contributed by atoms with van der Waals surface area (Å²) in [7, 11) is 3.35. The van der Waals surface area contributed by atoms with E-state index in [4.69, 9.17) is 11.6 Å². The Balaban J connectivity index is 1.99. The van der Waals surface area contributed by atoms with Crippen LogP contribution >= 0.6 is 11.6 Å². The number of hydrogen-bond acceptors (Lipinski definition) is 4. The van der Waals surface area contributed by atoms with Crippen LogP contribution in [0.25, 0.3) is 0 Å². The van der Waals surface area contributed by atoms with Gasteiger partial charge in [0.05, 0.1) is 22.1 Å². The summed E-state index contributed by atoms with van der Waals surface area (Å²) in [5.74, 6) is 4.98. The van der Waals surface area contributed by atoms with E-state index in [0.717, 1.165) is 6.07 Å². The number of non-ortho nitro benzene ring substituents is 1. The summed E-state index contributed by atoms with van der Waals surface area (Å²) in [6.07, 6.45) is 0. The Labute approximate surface area is 161 Å². The highest BCUT2D eigenvalue weighted by Gasteiger charge is 2.15. The number of halogens is 1. The van der Waals surface area contributed by atoms with Gasteiger partial charge in [-0.1, -0.05) is 23.4 Å². The second-order valence-electron chi connectivity index (χ2n) is 5.68. The van der Waals surface area contributed by atoms with E-state index in [2.05, 4.69) is 17.2 Å². The van der Waals surface area contributed by atoms with Gasteiger partial charge in [0, 0.05) is 37.4 Å². The van der Waals surface area contributed by atoms with Crippen LogP contribution in [0.4, 0.5) is 5.69 Å². The Hall–Kier alpha value is -3.37. The van der Waals surface area contributed by atoms with Gasteiger partial charge in [0.15, 0.2) is 0 Å². The fourth-order valence-electron chi connectivity index (χ4n) is 2.12. The molecule has 0 saturated carbocycles. The maximum absolute atomic E-state index is 12.1. The van der Waals surface area contributed by atoms with Gasteiger partial charge in [-0.2, -0.15) is 0 Å². The number of rotatable bonds is 4. The molecule has 27 heavy (non-hydrogen) atoms. The fourth-order valence-corrected chi connectivity index (χ4v) is 2.32. The van der Waals surface area contributed by atoms with E-state index in [-0.39, 0.29) is 28.7 Å². The Bertz CT molecular complexity index is 944. The highest BCUT2D eigenvalue weighted by atomic mass is 35.5. The lowest BCUT2D eigenvalue weighted by molar-refractivity contribution is -0.384. The molecule has 2 aromatic carbocycles. The van der Waals surface area contributed by atoms with Crippen LogP contribution in [0.5, 0.6) is 0 Å². The largest absolute Gasteiger partial charge is 0.345 e. The van der Waals surface area contributed by atoms with E-state index in [0.29, 0.717) is 11.1 Å². The van der Waals surface area contributed by atoms with E-state index in [1.54, 1.807) is 38.4 Å². The van der Waals surface area contributed by atoms with E-state index in [1.165, 1.54) is 17.0 Å². The standard InChI is InChI=1S/C19H16ClN3O4/c1-22(2)19(25)14-7-5-13(6-8-14)4-3-11-21-18(24)16-12-15(23(26)27)9-10-17(16)20/h5-10,12H,11H2,1-2H3,(H,21,24). The number of amides is 2. The first-order chi connectivity index (χ1) is 12.8. The molecule has 0 spiro atoms. The van der Waals surface area contributed by atoms with Crippen LogP contribution in [0.3, 0.4) is 0 Å². The van der Waals surface area contributed by atoms with Crippen LogP contribution in [0.2, 0.25) is 5.02 Å². The molecule has 0 aliphatic heterocycles. The summed E-state index contributed by atoms with van der Waals surface area (Å²) < 4.78 is 0. The molecule has 0 atom stereocenters. The number of hydrogen-bond donors (Lipinski definition) is 1. The quantitative estimate of drug-likeness (QED) is 0.497. The predicted octanol–water partition coefficient (Wildman–Crippen LogP) is 2.73. The summed E-state index contributed by atoms with van der Waals surface area (Å²) in [6.45, 7) is 0.0379. The highest BCUT2D eigenvalue weighted by Crippen LogP contribution is 2.21. The zero-order valence-electron chi connectivity index (χ0n) is 14.7. The maximum atomic E-state index is 12.1. The van der Waals surface area contributed by atoms with Crippen molar-refractivity contribution >= 4 is 29.1 Å². The third kappa shape index (κ3) is 5.30. The molecule has 0 heterocycles. The van der Waals surface area contributed by atoms with Crippen LogP contribution in [0.15, 0.2) is 42.5 Å². The van der Waals surface area contributed by atoms with E-state index in [9.17, 15) is 19.7 Å². The first kappa shape index (κ1) is 19.9. The smallest absolute Gasteiger partial charge is 0.270 e. The van der Waals surface area contributed by atoms with Crippen LogP contribution < -0.4 is 5.32 Å². The lowest BCUT2D eigenvalue weighted by Crippen LogP contribution is -2.24. The van der Waals surface area contributed by atoms with E-state index in [1.807, 2.05) is 0 Å². The average Bonchev–Trinajstić information content (AvgIpc) is 2.65. The molecule has 2 aromatic rings. The van der Waals surface area contributed by atoms with Crippen molar-refractivity contribution in [2.45, 2.75) is 0 Å². The van der Waals surface area contributed by atoms with Crippen molar-refractivity contribution in [2.24, 2.45) is 0 Å².